The molecule has 0 aromatic heterocycles. The molecule has 0 saturated carbocycles. The number of anilines is 2. The van der Waals surface area contributed by atoms with Crippen LogP contribution in [0.15, 0.2) is 41.3 Å². The molecule has 1 aliphatic rings. The Labute approximate surface area is 188 Å². The van der Waals surface area contributed by atoms with Gasteiger partial charge in [0.15, 0.2) is 0 Å². The molecule has 1 aliphatic heterocycles. The molecule has 0 spiro atoms. The monoisotopic (exact) mass is 460 g/mol. The molecule has 2 aromatic carbocycles. The van der Waals surface area contributed by atoms with Crippen molar-refractivity contribution in [2.45, 2.75) is 24.2 Å². The van der Waals surface area contributed by atoms with Gasteiger partial charge >= 0.3 is 0 Å². The maximum atomic E-state index is 13.1. The van der Waals surface area contributed by atoms with E-state index in [0.29, 0.717) is 5.69 Å². The van der Waals surface area contributed by atoms with Gasteiger partial charge in [0.1, 0.15) is 10.6 Å². The average Bonchev–Trinajstić information content (AvgIpc) is 2.78. The Balaban J connectivity index is 1.99. The summed E-state index contributed by atoms with van der Waals surface area (Å²) in [5, 5.41) is 2.83. The maximum absolute atomic E-state index is 13.1. The van der Waals surface area contributed by atoms with Crippen molar-refractivity contribution in [1.82, 2.24) is 4.31 Å². The number of nitrogens with one attached hydrogen (secondary N) is 1. The highest BCUT2D eigenvalue weighted by Crippen LogP contribution is 2.31. The number of benzene rings is 2. The van der Waals surface area contributed by atoms with Crippen LogP contribution in [0.1, 0.15) is 40.0 Å². The molecule has 1 fully saturated rings. The van der Waals surface area contributed by atoms with Crippen molar-refractivity contribution in [3.8, 4) is 5.75 Å². The van der Waals surface area contributed by atoms with Crippen LogP contribution in [0.4, 0.5) is 11.4 Å². The van der Waals surface area contributed by atoms with Gasteiger partial charge in [0.05, 0.1) is 18.5 Å². The second-order valence-corrected chi connectivity index (χ2v) is 9.87. The summed E-state index contributed by atoms with van der Waals surface area (Å²) in [4.78, 5) is 26.8. The lowest BCUT2D eigenvalue weighted by atomic mass is 10.1. The van der Waals surface area contributed by atoms with E-state index in [0.717, 1.165) is 42.3 Å². The van der Waals surface area contributed by atoms with E-state index in [1.807, 2.05) is 0 Å². The van der Waals surface area contributed by atoms with E-state index in [-0.39, 0.29) is 21.8 Å². The van der Waals surface area contributed by atoms with Crippen LogP contribution in [-0.2, 0) is 10.0 Å². The standard InChI is InChI=1S/C22H28N4O5S/c1-25(2)32(29,30)20-14-16(8-10-19(20)31-3)22(28)24-17-13-15(21(23)27)7-9-18(17)26-11-5-4-6-12-26/h7-10,13-14H,4-6,11-12H2,1-3H3,(H2,23,27)(H,24,28). The van der Waals surface area contributed by atoms with Crippen LogP contribution in [0, 0.1) is 0 Å². The summed E-state index contributed by atoms with van der Waals surface area (Å²) in [5.41, 5.74) is 7.07. The quantitative estimate of drug-likeness (QED) is 0.654. The second kappa shape index (κ2) is 9.58. The molecule has 32 heavy (non-hydrogen) atoms. The maximum Gasteiger partial charge on any atom is 0.255 e. The van der Waals surface area contributed by atoms with Gasteiger partial charge in [-0.1, -0.05) is 0 Å². The van der Waals surface area contributed by atoms with Gasteiger partial charge in [-0.25, -0.2) is 12.7 Å². The molecule has 2 aromatic rings. The molecule has 1 saturated heterocycles. The van der Waals surface area contributed by atoms with Crippen molar-refractivity contribution in [3.05, 3.63) is 47.5 Å². The lowest BCUT2D eigenvalue weighted by Crippen LogP contribution is -2.30. The summed E-state index contributed by atoms with van der Waals surface area (Å²) in [6, 6.07) is 9.17. The van der Waals surface area contributed by atoms with E-state index < -0.39 is 21.8 Å². The zero-order valence-corrected chi connectivity index (χ0v) is 19.2. The molecule has 3 N–H and O–H groups in total. The van der Waals surface area contributed by atoms with Crippen molar-refractivity contribution >= 4 is 33.2 Å². The Bertz CT molecular complexity index is 1130. The molecule has 0 unspecified atom stereocenters. The van der Waals surface area contributed by atoms with Crippen molar-refractivity contribution < 1.29 is 22.7 Å². The fourth-order valence-electron chi connectivity index (χ4n) is 3.61. The zero-order valence-electron chi connectivity index (χ0n) is 18.4. The van der Waals surface area contributed by atoms with Crippen LogP contribution in [0.5, 0.6) is 5.75 Å². The Kier molecular flexibility index (Phi) is 7.05. The third-order valence-corrected chi connectivity index (χ3v) is 7.25. The smallest absolute Gasteiger partial charge is 0.255 e. The first-order valence-electron chi connectivity index (χ1n) is 10.3. The molecular formula is C22H28N4O5S. The summed E-state index contributed by atoms with van der Waals surface area (Å²) in [6.45, 7) is 1.68. The number of carbonyl (C=O) groups excluding carboxylic acids is 2. The topological polar surface area (TPSA) is 122 Å². The van der Waals surface area contributed by atoms with E-state index in [9.17, 15) is 18.0 Å². The highest BCUT2D eigenvalue weighted by molar-refractivity contribution is 7.89. The molecule has 0 bridgehead atoms. The molecule has 3 rings (SSSR count). The summed E-state index contributed by atoms with van der Waals surface area (Å²) < 4.78 is 31.6. The molecule has 9 nitrogen and oxygen atoms in total. The van der Waals surface area contributed by atoms with Crippen LogP contribution in [0.3, 0.4) is 0 Å². The molecule has 1 heterocycles. The Morgan fingerprint density at radius 1 is 1.03 bits per heavy atom. The highest BCUT2D eigenvalue weighted by atomic mass is 32.2. The number of amides is 2. The molecule has 10 heteroatoms. The second-order valence-electron chi connectivity index (χ2n) is 7.75. The largest absolute Gasteiger partial charge is 0.495 e. The number of ether oxygens (including phenoxy) is 1. The predicted molar refractivity (Wildman–Crippen MR) is 123 cm³/mol. The first kappa shape index (κ1) is 23.6. The van der Waals surface area contributed by atoms with Gasteiger partial charge in [-0.2, -0.15) is 0 Å². The molecule has 0 aliphatic carbocycles. The van der Waals surface area contributed by atoms with E-state index in [4.69, 9.17) is 10.5 Å². The number of sulfonamides is 1. The van der Waals surface area contributed by atoms with Gasteiger partial charge in [-0.05, 0) is 55.7 Å². The van der Waals surface area contributed by atoms with Crippen LogP contribution in [0.2, 0.25) is 0 Å². The van der Waals surface area contributed by atoms with Crippen LogP contribution >= 0.6 is 0 Å². The number of nitrogens with zero attached hydrogens (tertiary/aromatic N) is 2. The minimum atomic E-state index is -3.83. The fraction of sp³-hybridized carbons (Fsp3) is 0.364. The van der Waals surface area contributed by atoms with Gasteiger partial charge in [-0.15, -0.1) is 0 Å². The number of rotatable bonds is 7. The van der Waals surface area contributed by atoms with E-state index in [1.165, 1.54) is 39.4 Å². The number of hydrogen-bond acceptors (Lipinski definition) is 6. The van der Waals surface area contributed by atoms with Crippen LogP contribution in [-0.4, -0.2) is 58.8 Å². The first-order valence-corrected chi connectivity index (χ1v) is 11.7. The van der Waals surface area contributed by atoms with Crippen LogP contribution < -0.4 is 20.7 Å². The van der Waals surface area contributed by atoms with Crippen molar-refractivity contribution in [2.75, 3.05) is 44.5 Å². The lowest BCUT2D eigenvalue weighted by Gasteiger charge is -2.30. The summed E-state index contributed by atoms with van der Waals surface area (Å²) in [6.07, 6.45) is 3.22. The number of carbonyl (C=O) groups is 2. The minimum absolute atomic E-state index is 0.111. The number of piperidine rings is 1. The van der Waals surface area contributed by atoms with Gasteiger partial charge < -0.3 is 20.7 Å². The number of hydrogen-bond donors (Lipinski definition) is 2. The van der Waals surface area contributed by atoms with Gasteiger partial charge in [0.25, 0.3) is 5.91 Å². The Hall–Kier alpha value is -3.11. The average molecular weight is 461 g/mol. The molecule has 0 atom stereocenters. The van der Waals surface area contributed by atoms with E-state index in [2.05, 4.69) is 10.2 Å². The molecule has 0 radical (unpaired) electrons. The van der Waals surface area contributed by atoms with Crippen molar-refractivity contribution in [1.29, 1.82) is 0 Å². The third-order valence-electron chi connectivity index (χ3n) is 5.41. The molecule has 172 valence electrons. The summed E-state index contributed by atoms with van der Waals surface area (Å²) in [5.74, 6) is -0.975. The van der Waals surface area contributed by atoms with Crippen LogP contribution in [0.25, 0.3) is 0 Å². The van der Waals surface area contributed by atoms with E-state index in [1.54, 1.807) is 18.2 Å². The van der Waals surface area contributed by atoms with Crippen molar-refractivity contribution in [3.63, 3.8) is 0 Å². The highest BCUT2D eigenvalue weighted by Gasteiger charge is 2.25. The molecule has 2 amide bonds. The zero-order chi connectivity index (χ0) is 23.5. The number of primary amides is 1. The lowest BCUT2D eigenvalue weighted by molar-refractivity contribution is 0.0996. The third kappa shape index (κ3) is 4.86. The van der Waals surface area contributed by atoms with Crippen molar-refractivity contribution in [2.24, 2.45) is 5.73 Å². The fourth-order valence-corrected chi connectivity index (χ4v) is 4.69. The number of nitrogens with two attached hydrogens (primary N) is 1. The Morgan fingerprint density at radius 2 is 1.69 bits per heavy atom. The van der Waals surface area contributed by atoms with Gasteiger partial charge in [-0.3, -0.25) is 9.59 Å². The number of methoxy groups -OCH3 is 1. The Morgan fingerprint density at radius 3 is 2.28 bits per heavy atom. The molecular weight excluding hydrogens is 432 g/mol. The summed E-state index contributed by atoms with van der Waals surface area (Å²) >= 11 is 0. The van der Waals surface area contributed by atoms with Gasteiger partial charge in [0.2, 0.25) is 15.9 Å². The minimum Gasteiger partial charge on any atom is -0.495 e. The SMILES string of the molecule is COc1ccc(C(=O)Nc2cc(C(N)=O)ccc2N2CCCCC2)cc1S(=O)(=O)N(C)C. The van der Waals surface area contributed by atoms with Gasteiger partial charge in [0, 0.05) is 38.3 Å². The van der Waals surface area contributed by atoms with E-state index >= 15 is 0 Å². The predicted octanol–water partition coefficient (Wildman–Crippen LogP) is 2.29. The summed E-state index contributed by atoms with van der Waals surface area (Å²) in [7, 11) is 0.341. The first-order chi connectivity index (χ1) is 15.1. The normalized spacial score (nSPS) is 14.3.